The van der Waals surface area contributed by atoms with Crippen LogP contribution in [0.4, 0.5) is 10.1 Å². The number of nitrogens with one attached hydrogen (secondary N) is 1. The van der Waals surface area contributed by atoms with Crippen LogP contribution < -0.4 is 5.32 Å². The Hall–Kier alpha value is -2.65. The summed E-state index contributed by atoms with van der Waals surface area (Å²) in [6.45, 7) is 2.10. The van der Waals surface area contributed by atoms with Crippen LogP contribution in [0.3, 0.4) is 0 Å². The molecule has 0 bridgehead atoms. The molecule has 0 amide bonds. The summed E-state index contributed by atoms with van der Waals surface area (Å²) >= 11 is 0. The standard InChI is InChI=1S/C21H18FNO/c1-13-16(10-11-24)18-12-15(22)7-8-17(18)21(13)20-9-6-14-4-2-3-5-19(14)23-20/h2-9,12,23-24H,10-11H2,1H3. The average molecular weight is 319 g/mol. The van der Waals surface area contributed by atoms with Gasteiger partial charge >= 0.3 is 0 Å². The fraction of sp³-hybridized carbons (Fsp3) is 0.143. The van der Waals surface area contributed by atoms with Gasteiger partial charge in [0.05, 0.1) is 0 Å². The number of para-hydroxylation sites is 1. The van der Waals surface area contributed by atoms with E-state index in [0.717, 1.165) is 44.8 Å². The zero-order chi connectivity index (χ0) is 16.7. The summed E-state index contributed by atoms with van der Waals surface area (Å²) < 4.78 is 13.7. The lowest BCUT2D eigenvalue weighted by molar-refractivity contribution is 0.305. The highest BCUT2D eigenvalue weighted by Crippen LogP contribution is 2.45. The maximum absolute atomic E-state index is 13.7. The van der Waals surface area contributed by atoms with Crippen molar-refractivity contribution >= 4 is 22.9 Å². The number of hydrogen-bond donors (Lipinski definition) is 2. The molecule has 0 atom stereocenters. The third kappa shape index (κ3) is 2.29. The molecule has 0 radical (unpaired) electrons. The fourth-order valence-corrected chi connectivity index (χ4v) is 3.58. The van der Waals surface area contributed by atoms with E-state index in [9.17, 15) is 9.50 Å². The van der Waals surface area contributed by atoms with Gasteiger partial charge in [0, 0.05) is 23.6 Å². The van der Waals surface area contributed by atoms with E-state index >= 15 is 0 Å². The number of anilines is 1. The van der Waals surface area contributed by atoms with Crippen molar-refractivity contribution in [3.05, 3.63) is 82.3 Å². The van der Waals surface area contributed by atoms with Gasteiger partial charge in [0.2, 0.25) is 0 Å². The number of benzene rings is 2. The first-order valence-electron chi connectivity index (χ1n) is 8.08. The smallest absolute Gasteiger partial charge is 0.123 e. The van der Waals surface area contributed by atoms with Crippen molar-refractivity contribution in [3.63, 3.8) is 0 Å². The van der Waals surface area contributed by atoms with Crippen LogP contribution in [0.2, 0.25) is 0 Å². The monoisotopic (exact) mass is 319 g/mol. The second-order valence-electron chi connectivity index (χ2n) is 6.10. The Balaban J connectivity index is 1.90. The highest BCUT2D eigenvalue weighted by Gasteiger charge is 2.26. The summed E-state index contributed by atoms with van der Waals surface area (Å²) in [5.74, 6) is -0.249. The molecular formula is C21H18FNO. The third-order valence-electron chi connectivity index (χ3n) is 4.69. The van der Waals surface area contributed by atoms with Gasteiger partial charge in [-0.2, -0.15) is 0 Å². The molecule has 0 unspecified atom stereocenters. The van der Waals surface area contributed by atoms with E-state index in [0.29, 0.717) is 6.42 Å². The van der Waals surface area contributed by atoms with E-state index in [1.165, 1.54) is 6.07 Å². The molecule has 0 fully saturated rings. The first-order valence-corrected chi connectivity index (χ1v) is 8.08. The van der Waals surface area contributed by atoms with Gasteiger partial charge in [-0.15, -0.1) is 0 Å². The molecule has 1 heterocycles. The molecule has 1 aliphatic heterocycles. The molecule has 2 nitrogen and oxygen atoms in total. The zero-order valence-corrected chi connectivity index (χ0v) is 13.4. The SMILES string of the molecule is CC1=C(CCO)c2cc(F)ccc2C1=C1C=Cc2ccccc2N1. The van der Waals surface area contributed by atoms with Crippen LogP contribution >= 0.6 is 0 Å². The van der Waals surface area contributed by atoms with Crippen LogP contribution in [0.15, 0.2) is 59.8 Å². The van der Waals surface area contributed by atoms with E-state index in [2.05, 4.69) is 23.5 Å². The zero-order valence-electron chi connectivity index (χ0n) is 13.4. The number of halogens is 1. The molecular weight excluding hydrogens is 301 g/mol. The molecule has 1 aliphatic carbocycles. The largest absolute Gasteiger partial charge is 0.396 e. The van der Waals surface area contributed by atoms with Gasteiger partial charge in [-0.05, 0) is 65.5 Å². The lowest BCUT2D eigenvalue weighted by Gasteiger charge is -2.19. The van der Waals surface area contributed by atoms with Gasteiger partial charge < -0.3 is 10.4 Å². The Morgan fingerprint density at radius 1 is 1.04 bits per heavy atom. The number of allylic oxidation sites excluding steroid dienone is 3. The maximum Gasteiger partial charge on any atom is 0.123 e. The number of hydrogen-bond acceptors (Lipinski definition) is 2. The molecule has 4 rings (SSSR count). The second-order valence-corrected chi connectivity index (χ2v) is 6.10. The Morgan fingerprint density at radius 2 is 1.88 bits per heavy atom. The Bertz CT molecular complexity index is 921. The van der Waals surface area contributed by atoms with Gasteiger partial charge in [0.15, 0.2) is 0 Å². The van der Waals surface area contributed by atoms with Crippen molar-refractivity contribution in [2.75, 3.05) is 11.9 Å². The van der Waals surface area contributed by atoms with Crippen molar-refractivity contribution in [3.8, 4) is 0 Å². The summed E-state index contributed by atoms with van der Waals surface area (Å²) in [5, 5.41) is 12.9. The van der Waals surface area contributed by atoms with Gasteiger partial charge in [0.1, 0.15) is 5.82 Å². The Labute approximate surface area is 140 Å². The predicted octanol–water partition coefficient (Wildman–Crippen LogP) is 4.85. The van der Waals surface area contributed by atoms with E-state index < -0.39 is 0 Å². The second kappa shape index (κ2) is 5.77. The summed E-state index contributed by atoms with van der Waals surface area (Å²) in [4.78, 5) is 0. The van der Waals surface area contributed by atoms with Crippen LogP contribution in [-0.4, -0.2) is 11.7 Å². The average Bonchev–Trinajstić information content (AvgIpc) is 2.86. The third-order valence-corrected chi connectivity index (χ3v) is 4.69. The van der Waals surface area contributed by atoms with E-state index in [-0.39, 0.29) is 12.4 Å². The van der Waals surface area contributed by atoms with E-state index in [4.69, 9.17) is 0 Å². The molecule has 0 spiro atoms. The topological polar surface area (TPSA) is 32.3 Å². The molecule has 2 aliphatic rings. The van der Waals surface area contributed by atoms with Crippen molar-refractivity contribution in [1.29, 1.82) is 0 Å². The minimum absolute atomic E-state index is 0.0529. The number of fused-ring (bicyclic) bond motifs is 2. The van der Waals surface area contributed by atoms with Crippen molar-refractivity contribution in [2.24, 2.45) is 0 Å². The minimum Gasteiger partial charge on any atom is -0.396 e. The molecule has 0 aromatic heterocycles. The van der Waals surface area contributed by atoms with Crippen LogP contribution in [-0.2, 0) is 0 Å². The first kappa shape index (κ1) is 14.9. The number of aliphatic hydroxyl groups is 1. The maximum atomic E-state index is 13.7. The summed E-state index contributed by atoms with van der Waals surface area (Å²) in [6.07, 6.45) is 4.68. The molecule has 24 heavy (non-hydrogen) atoms. The first-order chi connectivity index (χ1) is 11.7. The Kier molecular flexibility index (Phi) is 3.58. The Morgan fingerprint density at radius 3 is 2.71 bits per heavy atom. The minimum atomic E-state index is -0.249. The van der Waals surface area contributed by atoms with Gasteiger partial charge in [-0.25, -0.2) is 4.39 Å². The summed E-state index contributed by atoms with van der Waals surface area (Å²) in [6, 6.07) is 13.0. The van der Waals surface area contributed by atoms with Gasteiger partial charge in [-0.1, -0.05) is 30.3 Å². The van der Waals surface area contributed by atoms with Gasteiger partial charge in [-0.3, -0.25) is 0 Å². The quantitative estimate of drug-likeness (QED) is 0.830. The lowest BCUT2D eigenvalue weighted by Crippen LogP contribution is -2.06. The number of rotatable bonds is 2. The highest BCUT2D eigenvalue weighted by molar-refractivity contribution is 6.02. The normalized spacial score (nSPS) is 18.5. The van der Waals surface area contributed by atoms with Crippen LogP contribution in [0.5, 0.6) is 0 Å². The fourth-order valence-electron chi connectivity index (χ4n) is 3.58. The molecule has 2 aromatic carbocycles. The van der Waals surface area contributed by atoms with Crippen molar-refractivity contribution < 1.29 is 9.50 Å². The lowest BCUT2D eigenvalue weighted by atomic mass is 9.98. The summed E-state index contributed by atoms with van der Waals surface area (Å²) in [7, 11) is 0. The summed E-state index contributed by atoms with van der Waals surface area (Å²) in [5.41, 5.74) is 8.32. The van der Waals surface area contributed by atoms with Gasteiger partial charge in [0.25, 0.3) is 0 Å². The van der Waals surface area contributed by atoms with E-state index in [1.807, 2.05) is 31.2 Å². The van der Waals surface area contributed by atoms with Crippen LogP contribution in [0.25, 0.3) is 17.2 Å². The highest BCUT2D eigenvalue weighted by atomic mass is 19.1. The molecule has 2 N–H and O–H groups in total. The molecule has 2 aromatic rings. The molecule has 120 valence electrons. The molecule has 3 heteroatoms. The van der Waals surface area contributed by atoms with E-state index in [1.54, 1.807) is 6.07 Å². The van der Waals surface area contributed by atoms with Crippen LogP contribution in [0, 0.1) is 5.82 Å². The van der Waals surface area contributed by atoms with Crippen molar-refractivity contribution in [1.82, 2.24) is 0 Å². The number of aliphatic hydroxyl groups excluding tert-OH is 1. The van der Waals surface area contributed by atoms with Crippen molar-refractivity contribution in [2.45, 2.75) is 13.3 Å². The molecule has 0 saturated heterocycles. The predicted molar refractivity (Wildman–Crippen MR) is 96.7 cm³/mol. The van der Waals surface area contributed by atoms with Crippen LogP contribution in [0.1, 0.15) is 30.0 Å². The molecule has 0 saturated carbocycles.